The monoisotopic (exact) mass is 251 g/mol. The first-order valence-electron chi connectivity index (χ1n) is 5.90. The van der Waals surface area contributed by atoms with E-state index in [2.05, 4.69) is 15.4 Å². The minimum absolute atomic E-state index is 0.0504. The molecule has 18 heavy (non-hydrogen) atoms. The van der Waals surface area contributed by atoms with Gasteiger partial charge in [0.1, 0.15) is 5.69 Å². The van der Waals surface area contributed by atoms with Crippen LogP contribution < -0.4 is 11.3 Å². The minimum atomic E-state index is -0.122. The fourth-order valence-electron chi connectivity index (χ4n) is 1.85. The topological polar surface area (TPSA) is 93.4 Å². The third-order valence-electron chi connectivity index (χ3n) is 2.76. The van der Waals surface area contributed by atoms with Crippen LogP contribution >= 0.6 is 0 Å². The summed E-state index contributed by atoms with van der Waals surface area (Å²) in [5, 5.41) is 0. The Bertz CT molecular complexity index is 408. The number of nitrogens with two attached hydrogens (primary N) is 1. The Hall–Kier alpha value is -1.73. The average Bonchev–Trinajstić information content (AvgIpc) is 2.63. The van der Waals surface area contributed by atoms with Gasteiger partial charge in [-0.2, -0.15) is 0 Å². The molecule has 1 unspecified atom stereocenters. The number of ether oxygens (including phenoxy) is 1. The molecule has 7 heteroatoms. The van der Waals surface area contributed by atoms with Gasteiger partial charge in [-0.05, 0) is 13.3 Å². The molecule has 1 fully saturated rings. The van der Waals surface area contributed by atoms with Gasteiger partial charge in [-0.15, -0.1) is 0 Å². The Kier molecular flexibility index (Phi) is 4.06. The summed E-state index contributed by atoms with van der Waals surface area (Å²) in [5.41, 5.74) is 2.69. The summed E-state index contributed by atoms with van der Waals surface area (Å²) in [4.78, 5) is 22.0. The molecule has 1 aliphatic heterocycles. The van der Waals surface area contributed by atoms with Crippen LogP contribution in [0.25, 0.3) is 0 Å². The standard InChI is InChI=1S/C11H17N5O2/c1-8-7-16(3-2-4-18-8)11(17)9-5-14-10(15-12)6-13-9/h5-6,8H,2-4,7,12H2,1H3,(H,14,15). The van der Waals surface area contributed by atoms with Crippen LogP contribution in [-0.2, 0) is 4.74 Å². The lowest BCUT2D eigenvalue weighted by Crippen LogP contribution is -2.36. The normalized spacial score (nSPS) is 20.3. The smallest absolute Gasteiger partial charge is 0.274 e. The van der Waals surface area contributed by atoms with Crippen LogP contribution in [0.4, 0.5) is 5.82 Å². The Morgan fingerprint density at radius 3 is 3.06 bits per heavy atom. The quantitative estimate of drug-likeness (QED) is 0.568. The zero-order valence-corrected chi connectivity index (χ0v) is 10.3. The molecule has 98 valence electrons. The number of hydrazine groups is 1. The molecular formula is C11H17N5O2. The number of aromatic nitrogens is 2. The van der Waals surface area contributed by atoms with Crippen LogP contribution in [0.2, 0.25) is 0 Å². The maximum absolute atomic E-state index is 12.2. The van der Waals surface area contributed by atoms with Gasteiger partial charge in [0, 0.05) is 19.7 Å². The van der Waals surface area contributed by atoms with E-state index >= 15 is 0 Å². The van der Waals surface area contributed by atoms with Gasteiger partial charge < -0.3 is 15.1 Å². The van der Waals surface area contributed by atoms with E-state index in [1.165, 1.54) is 12.4 Å². The van der Waals surface area contributed by atoms with E-state index in [1.54, 1.807) is 4.90 Å². The third kappa shape index (κ3) is 2.93. The van der Waals surface area contributed by atoms with Crippen molar-refractivity contribution in [1.82, 2.24) is 14.9 Å². The van der Waals surface area contributed by atoms with Crippen molar-refractivity contribution >= 4 is 11.7 Å². The van der Waals surface area contributed by atoms with E-state index in [-0.39, 0.29) is 12.0 Å². The summed E-state index contributed by atoms with van der Waals surface area (Å²) in [5.74, 6) is 5.50. The predicted octanol–water partition coefficient (Wildman–Crippen LogP) is 0.0132. The highest BCUT2D eigenvalue weighted by molar-refractivity contribution is 5.92. The van der Waals surface area contributed by atoms with Gasteiger partial charge in [0.05, 0.1) is 18.5 Å². The number of hydrogen-bond donors (Lipinski definition) is 2. The number of carbonyl (C=O) groups is 1. The summed E-state index contributed by atoms with van der Waals surface area (Å²) in [6, 6.07) is 0. The van der Waals surface area contributed by atoms with E-state index in [9.17, 15) is 4.79 Å². The number of nitrogens with zero attached hydrogens (tertiary/aromatic N) is 3. The predicted molar refractivity (Wildman–Crippen MR) is 65.8 cm³/mol. The number of rotatable bonds is 2. The third-order valence-corrected chi connectivity index (χ3v) is 2.76. The van der Waals surface area contributed by atoms with Crippen molar-refractivity contribution in [3.8, 4) is 0 Å². The molecule has 0 aliphatic carbocycles. The van der Waals surface area contributed by atoms with Gasteiger partial charge in [0.25, 0.3) is 5.91 Å². The molecule has 2 heterocycles. The van der Waals surface area contributed by atoms with Gasteiger partial charge in [-0.25, -0.2) is 15.8 Å². The highest BCUT2D eigenvalue weighted by Crippen LogP contribution is 2.09. The molecule has 1 aromatic heterocycles. The molecule has 1 atom stereocenters. The minimum Gasteiger partial charge on any atom is -0.377 e. The van der Waals surface area contributed by atoms with Crippen molar-refractivity contribution < 1.29 is 9.53 Å². The number of amides is 1. The molecule has 0 bridgehead atoms. The first kappa shape index (κ1) is 12.7. The molecule has 0 aromatic carbocycles. The highest BCUT2D eigenvalue weighted by atomic mass is 16.5. The van der Waals surface area contributed by atoms with Crippen molar-refractivity contribution in [2.45, 2.75) is 19.4 Å². The number of hydrogen-bond acceptors (Lipinski definition) is 6. The SMILES string of the molecule is CC1CN(C(=O)c2cnc(NN)cn2)CCCO1. The second kappa shape index (κ2) is 5.74. The molecule has 1 aromatic rings. The van der Waals surface area contributed by atoms with E-state index in [0.717, 1.165) is 6.42 Å². The summed E-state index contributed by atoms with van der Waals surface area (Å²) in [7, 11) is 0. The Morgan fingerprint density at radius 1 is 1.56 bits per heavy atom. The fraction of sp³-hybridized carbons (Fsp3) is 0.545. The molecule has 1 saturated heterocycles. The van der Waals surface area contributed by atoms with E-state index in [4.69, 9.17) is 10.6 Å². The molecule has 1 aliphatic rings. The van der Waals surface area contributed by atoms with Crippen LogP contribution in [-0.4, -0.2) is 46.6 Å². The largest absolute Gasteiger partial charge is 0.377 e. The second-order valence-electron chi connectivity index (χ2n) is 4.22. The Morgan fingerprint density at radius 2 is 2.39 bits per heavy atom. The summed E-state index contributed by atoms with van der Waals surface area (Å²) in [6.07, 6.45) is 3.75. The zero-order chi connectivity index (χ0) is 13.0. The lowest BCUT2D eigenvalue weighted by atomic mass is 10.3. The van der Waals surface area contributed by atoms with Crippen molar-refractivity contribution in [3.63, 3.8) is 0 Å². The van der Waals surface area contributed by atoms with Crippen molar-refractivity contribution in [2.24, 2.45) is 5.84 Å². The molecular weight excluding hydrogens is 234 g/mol. The van der Waals surface area contributed by atoms with E-state index < -0.39 is 0 Å². The van der Waals surface area contributed by atoms with Gasteiger partial charge in [-0.3, -0.25) is 4.79 Å². The molecule has 0 spiro atoms. The van der Waals surface area contributed by atoms with Crippen molar-refractivity contribution in [3.05, 3.63) is 18.1 Å². The van der Waals surface area contributed by atoms with Gasteiger partial charge in [-0.1, -0.05) is 0 Å². The summed E-state index contributed by atoms with van der Waals surface area (Å²) in [6.45, 7) is 3.91. The number of anilines is 1. The maximum Gasteiger partial charge on any atom is 0.274 e. The number of nitrogens with one attached hydrogen (secondary N) is 1. The lowest BCUT2D eigenvalue weighted by molar-refractivity contribution is 0.0559. The molecule has 0 saturated carbocycles. The summed E-state index contributed by atoms with van der Waals surface area (Å²) < 4.78 is 5.50. The lowest BCUT2D eigenvalue weighted by Gasteiger charge is -2.21. The van der Waals surface area contributed by atoms with Crippen molar-refractivity contribution in [2.75, 3.05) is 25.1 Å². The van der Waals surface area contributed by atoms with Gasteiger partial charge >= 0.3 is 0 Å². The van der Waals surface area contributed by atoms with Gasteiger partial charge in [0.2, 0.25) is 0 Å². The van der Waals surface area contributed by atoms with E-state index in [1.807, 2.05) is 6.92 Å². The highest BCUT2D eigenvalue weighted by Gasteiger charge is 2.22. The first-order valence-corrected chi connectivity index (χ1v) is 5.90. The van der Waals surface area contributed by atoms with Gasteiger partial charge in [0.15, 0.2) is 5.82 Å². The maximum atomic E-state index is 12.2. The molecule has 2 rings (SSSR count). The molecule has 7 nitrogen and oxygen atoms in total. The Balaban J connectivity index is 2.08. The van der Waals surface area contributed by atoms with Crippen molar-refractivity contribution in [1.29, 1.82) is 0 Å². The van der Waals surface area contributed by atoms with Crippen LogP contribution in [0.1, 0.15) is 23.8 Å². The Labute approximate surface area is 105 Å². The molecule has 1 amide bonds. The average molecular weight is 251 g/mol. The number of nitrogen functional groups attached to an aromatic ring is 1. The first-order chi connectivity index (χ1) is 8.70. The molecule has 0 radical (unpaired) electrons. The van der Waals surface area contributed by atoms with Crippen LogP contribution in [0.3, 0.4) is 0 Å². The molecule has 3 N–H and O–H groups in total. The number of carbonyl (C=O) groups excluding carboxylic acids is 1. The fourth-order valence-corrected chi connectivity index (χ4v) is 1.85. The van der Waals surface area contributed by atoms with Crippen LogP contribution in [0.5, 0.6) is 0 Å². The second-order valence-corrected chi connectivity index (χ2v) is 4.22. The summed E-state index contributed by atoms with van der Waals surface area (Å²) >= 11 is 0. The van der Waals surface area contributed by atoms with E-state index in [0.29, 0.717) is 31.2 Å². The van der Waals surface area contributed by atoms with Crippen LogP contribution in [0.15, 0.2) is 12.4 Å². The van der Waals surface area contributed by atoms with Crippen LogP contribution in [0, 0.1) is 0 Å². The zero-order valence-electron chi connectivity index (χ0n) is 10.3.